The van der Waals surface area contributed by atoms with Gasteiger partial charge >= 0.3 is 0 Å². The summed E-state index contributed by atoms with van der Waals surface area (Å²) < 4.78 is 12.9. The molecule has 2 N–H and O–H groups in total. The number of carbonyl (C=O) groups excluding carboxylic acids is 1. The predicted octanol–water partition coefficient (Wildman–Crippen LogP) is 1.80. The average molecular weight is 181 g/mol. The van der Waals surface area contributed by atoms with Gasteiger partial charge in [0.25, 0.3) is 0 Å². The fourth-order valence-corrected chi connectivity index (χ4v) is 1.20. The summed E-state index contributed by atoms with van der Waals surface area (Å²) in [5.74, 6) is 0.492. The predicted molar refractivity (Wildman–Crippen MR) is 48.6 cm³/mol. The summed E-state index contributed by atoms with van der Waals surface area (Å²) in [6.45, 7) is 0. The Bertz CT molecular complexity index is 284. The molecule has 0 aliphatic heterocycles. The van der Waals surface area contributed by atoms with E-state index in [9.17, 15) is 4.39 Å². The summed E-state index contributed by atoms with van der Waals surface area (Å²) in [6.07, 6.45) is 2.59. The third-order valence-corrected chi connectivity index (χ3v) is 1.92. The van der Waals surface area contributed by atoms with Crippen molar-refractivity contribution in [3.63, 3.8) is 0 Å². The van der Waals surface area contributed by atoms with Gasteiger partial charge in [-0.2, -0.15) is 0 Å². The summed E-state index contributed by atoms with van der Waals surface area (Å²) in [5, 5.41) is 0. The Morgan fingerprint density at radius 1 is 1.38 bits per heavy atom. The smallest absolute Gasteiger partial charge is 0.204 e. The van der Waals surface area contributed by atoms with Crippen molar-refractivity contribution in [1.82, 2.24) is 0 Å². The van der Waals surface area contributed by atoms with E-state index < -0.39 is 0 Å². The second kappa shape index (κ2) is 4.60. The molecule has 0 radical (unpaired) electrons. The molecule has 0 aromatic heterocycles. The van der Waals surface area contributed by atoms with Crippen LogP contribution >= 0.6 is 0 Å². The highest BCUT2D eigenvalue weighted by atomic mass is 19.1. The molecule has 2 nitrogen and oxygen atoms in total. The number of primary amides is 1. The van der Waals surface area contributed by atoms with Crippen LogP contribution in [-0.2, 0) is 4.79 Å². The van der Waals surface area contributed by atoms with Crippen LogP contribution in [0, 0.1) is 5.82 Å². The number of halogens is 1. The number of carbonyl (C=O) groups is 1. The molecule has 1 saturated carbocycles. The normalized spacial score (nSPS) is 14.2. The molecule has 1 aliphatic carbocycles. The highest BCUT2D eigenvalue weighted by Crippen LogP contribution is 2.40. The third-order valence-electron chi connectivity index (χ3n) is 1.92. The van der Waals surface area contributed by atoms with Gasteiger partial charge in [-0.15, -0.1) is 0 Å². The standard InChI is InChI=1S/C9H9F.CH3NO/c10-9-4-2-1-3-8(9)7-5-6-7;2-1-3/h1-4,7H,5-6H2;1H,(H2,2,3). The third kappa shape index (κ3) is 2.86. The zero-order valence-corrected chi connectivity index (χ0v) is 7.24. The summed E-state index contributed by atoms with van der Waals surface area (Å²) in [4.78, 5) is 8.58. The highest BCUT2D eigenvalue weighted by molar-refractivity contribution is 5.42. The monoisotopic (exact) mass is 181 g/mol. The molecule has 0 saturated heterocycles. The Balaban J connectivity index is 0.000000251. The number of rotatable bonds is 1. The van der Waals surface area contributed by atoms with Crippen molar-refractivity contribution in [1.29, 1.82) is 0 Å². The SMILES string of the molecule is Fc1ccccc1C1CC1.NC=O. The first kappa shape index (κ1) is 9.71. The molecule has 1 aliphatic rings. The lowest BCUT2D eigenvalue weighted by Crippen LogP contribution is -1.83. The summed E-state index contributed by atoms with van der Waals surface area (Å²) in [7, 11) is 0. The maximum Gasteiger partial charge on any atom is 0.204 e. The van der Waals surface area contributed by atoms with Gasteiger partial charge in [0.2, 0.25) is 6.41 Å². The van der Waals surface area contributed by atoms with Gasteiger partial charge in [-0.1, -0.05) is 18.2 Å². The lowest BCUT2D eigenvalue weighted by Gasteiger charge is -1.96. The molecule has 0 spiro atoms. The minimum Gasteiger partial charge on any atom is -0.372 e. The molecular formula is C10H12FNO. The van der Waals surface area contributed by atoms with E-state index in [2.05, 4.69) is 5.73 Å². The molecule has 1 amide bonds. The van der Waals surface area contributed by atoms with Crippen molar-refractivity contribution in [2.45, 2.75) is 18.8 Å². The molecule has 0 heterocycles. The van der Waals surface area contributed by atoms with Crippen LogP contribution < -0.4 is 5.73 Å². The molecule has 3 heteroatoms. The van der Waals surface area contributed by atoms with Crippen molar-refractivity contribution in [2.24, 2.45) is 5.73 Å². The van der Waals surface area contributed by atoms with E-state index in [-0.39, 0.29) is 12.2 Å². The van der Waals surface area contributed by atoms with Crippen LogP contribution in [0.3, 0.4) is 0 Å². The van der Waals surface area contributed by atoms with E-state index >= 15 is 0 Å². The molecule has 1 fully saturated rings. The van der Waals surface area contributed by atoms with E-state index in [0.29, 0.717) is 5.92 Å². The molecule has 70 valence electrons. The lowest BCUT2D eigenvalue weighted by atomic mass is 10.1. The molecular weight excluding hydrogens is 169 g/mol. The summed E-state index contributed by atoms with van der Waals surface area (Å²) >= 11 is 0. The average Bonchev–Trinajstić information content (AvgIpc) is 2.89. The van der Waals surface area contributed by atoms with Gasteiger partial charge in [-0.05, 0) is 30.4 Å². The van der Waals surface area contributed by atoms with Crippen LogP contribution in [0.4, 0.5) is 4.39 Å². The number of nitrogens with two attached hydrogens (primary N) is 1. The van der Waals surface area contributed by atoms with Crippen LogP contribution in [0.2, 0.25) is 0 Å². The summed E-state index contributed by atoms with van der Waals surface area (Å²) in [5.41, 5.74) is 5.07. The van der Waals surface area contributed by atoms with E-state index in [1.54, 1.807) is 6.07 Å². The topological polar surface area (TPSA) is 43.1 Å². The zero-order chi connectivity index (χ0) is 9.68. The minimum absolute atomic E-state index is 0.0370. The number of benzene rings is 1. The van der Waals surface area contributed by atoms with Crippen molar-refractivity contribution in [2.75, 3.05) is 0 Å². The van der Waals surface area contributed by atoms with Crippen molar-refractivity contribution < 1.29 is 9.18 Å². The van der Waals surface area contributed by atoms with E-state index in [1.807, 2.05) is 12.1 Å². The summed E-state index contributed by atoms with van der Waals surface area (Å²) in [6, 6.07) is 7.05. The Morgan fingerprint density at radius 3 is 2.38 bits per heavy atom. The van der Waals surface area contributed by atoms with Crippen molar-refractivity contribution in [3.05, 3.63) is 35.6 Å². The van der Waals surface area contributed by atoms with Gasteiger partial charge in [0.15, 0.2) is 0 Å². The second-order valence-electron chi connectivity index (χ2n) is 2.93. The molecule has 13 heavy (non-hydrogen) atoms. The fourth-order valence-electron chi connectivity index (χ4n) is 1.20. The molecule has 1 aromatic rings. The van der Waals surface area contributed by atoms with Crippen molar-refractivity contribution in [3.8, 4) is 0 Å². The fraction of sp³-hybridized carbons (Fsp3) is 0.300. The zero-order valence-electron chi connectivity index (χ0n) is 7.24. The maximum atomic E-state index is 12.9. The lowest BCUT2D eigenvalue weighted by molar-refractivity contribution is -0.106. The van der Waals surface area contributed by atoms with Gasteiger partial charge in [-0.25, -0.2) is 4.39 Å². The van der Waals surface area contributed by atoms with Gasteiger partial charge in [0, 0.05) is 0 Å². The van der Waals surface area contributed by atoms with Crippen molar-refractivity contribution >= 4 is 6.41 Å². The molecule has 0 unspecified atom stereocenters. The quantitative estimate of drug-likeness (QED) is 0.659. The van der Waals surface area contributed by atoms with Gasteiger partial charge in [-0.3, -0.25) is 4.79 Å². The van der Waals surface area contributed by atoms with E-state index in [4.69, 9.17) is 4.79 Å². The van der Waals surface area contributed by atoms with Crippen LogP contribution in [-0.4, -0.2) is 6.41 Å². The van der Waals surface area contributed by atoms with Gasteiger partial charge in [0.05, 0.1) is 0 Å². The van der Waals surface area contributed by atoms with Crippen LogP contribution in [0.25, 0.3) is 0 Å². The molecule has 2 rings (SSSR count). The first-order valence-electron chi connectivity index (χ1n) is 4.19. The number of amides is 1. The molecule has 0 bridgehead atoms. The van der Waals surface area contributed by atoms with Gasteiger partial charge in [0.1, 0.15) is 5.82 Å². The maximum absolute atomic E-state index is 12.9. The largest absolute Gasteiger partial charge is 0.372 e. The van der Waals surface area contributed by atoms with Crippen LogP contribution in [0.5, 0.6) is 0 Å². The Hall–Kier alpha value is -1.38. The number of hydrogen-bond acceptors (Lipinski definition) is 1. The van der Waals surface area contributed by atoms with E-state index in [0.717, 1.165) is 5.56 Å². The highest BCUT2D eigenvalue weighted by Gasteiger charge is 2.25. The Labute approximate surface area is 76.6 Å². The Morgan fingerprint density at radius 2 is 1.92 bits per heavy atom. The molecule has 1 aromatic carbocycles. The van der Waals surface area contributed by atoms with E-state index in [1.165, 1.54) is 18.9 Å². The van der Waals surface area contributed by atoms with Gasteiger partial charge < -0.3 is 5.73 Å². The first-order chi connectivity index (χ1) is 6.29. The van der Waals surface area contributed by atoms with Crippen LogP contribution in [0.15, 0.2) is 24.3 Å². The first-order valence-corrected chi connectivity index (χ1v) is 4.19. The number of hydrogen-bond donors (Lipinski definition) is 1. The molecule has 0 atom stereocenters. The minimum atomic E-state index is -0.0370. The Kier molecular flexibility index (Phi) is 3.43. The second-order valence-corrected chi connectivity index (χ2v) is 2.93. The van der Waals surface area contributed by atoms with Crippen LogP contribution in [0.1, 0.15) is 24.3 Å².